The van der Waals surface area contributed by atoms with Gasteiger partial charge in [-0.2, -0.15) is 0 Å². The fraction of sp³-hybridized carbons (Fsp3) is 0. The van der Waals surface area contributed by atoms with Crippen LogP contribution < -0.4 is 5.43 Å². The van der Waals surface area contributed by atoms with E-state index < -0.39 is 11.4 Å². The molecule has 0 spiro atoms. The maximum absolute atomic E-state index is 11.1. The van der Waals surface area contributed by atoms with Gasteiger partial charge in [-0.1, -0.05) is 5.16 Å². The average Bonchev–Trinajstić information content (AvgIpc) is 2.48. The largest absolute Gasteiger partial charge is 0.476 e. The van der Waals surface area contributed by atoms with Crippen molar-refractivity contribution in [2.24, 2.45) is 0 Å². The Hall–Kier alpha value is -2.11. The van der Waals surface area contributed by atoms with Gasteiger partial charge in [-0.15, -0.1) is 0 Å². The number of hydrogen-bond acceptors (Lipinski definition) is 4. The predicted octanol–water partition coefficient (Wildman–Crippen LogP) is 0.214. The number of aromatic amines is 1. The van der Waals surface area contributed by atoms with Crippen molar-refractivity contribution in [3.63, 3.8) is 0 Å². The zero-order valence-electron chi connectivity index (χ0n) is 6.27. The summed E-state index contributed by atoms with van der Waals surface area (Å²) >= 11 is 0. The number of hydrogen-bond donors (Lipinski definition) is 2. The SMILES string of the molecule is O=C(O)c1noc2c(=O)cc[nH]c12. The molecule has 0 aliphatic heterocycles. The Morgan fingerprint density at radius 1 is 1.62 bits per heavy atom. The van der Waals surface area contributed by atoms with E-state index in [1.807, 2.05) is 0 Å². The van der Waals surface area contributed by atoms with Crippen molar-refractivity contribution >= 4 is 17.1 Å². The van der Waals surface area contributed by atoms with Crippen LogP contribution in [-0.2, 0) is 0 Å². The Kier molecular flexibility index (Phi) is 1.42. The molecule has 0 amide bonds. The molecule has 0 radical (unpaired) electrons. The zero-order valence-corrected chi connectivity index (χ0v) is 6.27. The second-order valence-corrected chi connectivity index (χ2v) is 2.38. The molecular formula is C7H4N2O4. The summed E-state index contributed by atoms with van der Waals surface area (Å²) in [6, 6.07) is 1.24. The molecule has 0 atom stereocenters. The number of carbonyl (C=O) groups is 1. The first kappa shape index (κ1) is 7.53. The molecule has 0 bridgehead atoms. The molecule has 0 saturated heterocycles. The lowest BCUT2D eigenvalue weighted by molar-refractivity contribution is 0.0687. The normalized spacial score (nSPS) is 10.5. The average molecular weight is 180 g/mol. The van der Waals surface area contributed by atoms with E-state index in [9.17, 15) is 9.59 Å². The van der Waals surface area contributed by atoms with Crippen LogP contribution in [0.25, 0.3) is 11.1 Å². The summed E-state index contributed by atoms with van der Waals surface area (Å²) in [4.78, 5) is 24.2. The molecule has 0 aromatic carbocycles. The predicted molar refractivity (Wildman–Crippen MR) is 41.6 cm³/mol. The minimum absolute atomic E-state index is 0.0695. The van der Waals surface area contributed by atoms with E-state index in [2.05, 4.69) is 14.7 Å². The highest BCUT2D eigenvalue weighted by molar-refractivity contribution is 5.97. The minimum atomic E-state index is -1.24. The van der Waals surface area contributed by atoms with Gasteiger partial charge in [0.15, 0.2) is 0 Å². The van der Waals surface area contributed by atoms with Crippen LogP contribution in [0.1, 0.15) is 10.5 Å². The summed E-state index contributed by atoms with van der Waals surface area (Å²) in [7, 11) is 0. The van der Waals surface area contributed by atoms with E-state index in [-0.39, 0.29) is 16.8 Å². The van der Waals surface area contributed by atoms with E-state index in [4.69, 9.17) is 5.11 Å². The molecule has 66 valence electrons. The molecule has 13 heavy (non-hydrogen) atoms. The molecule has 2 heterocycles. The van der Waals surface area contributed by atoms with Gasteiger partial charge in [0.05, 0.1) is 0 Å². The van der Waals surface area contributed by atoms with E-state index in [0.717, 1.165) is 0 Å². The fourth-order valence-corrected chi connectivity index (χ4v) is 1.01. The Morgan fingerprint density at radius 3 is 3.08 bits per heavy atom. The number of nitrogens with one attached hydrogen (secondary N) is 1. The van der Waals surface area contributed by atoms with Crippen LogP contribution in [0.3, 0.4) is 0 Å². The second-order valence-electron chi connectivity index (χ2n) is 2.38. The number of carboxylic acid groups (broad SMARTS) is 1. The standard InChI is InChI=1S/C7H4N2O4/c10-3-1-2-8-4-5(7(11)12)9-13-6(3)4/h1-2H,(H,8,10)(H,11,12). The van der Waals surface area contributed by atoms with Crippen molar-refractivity contribution in [3.05, 3.63) is 28.2 Å². The van der Waals surface area contributed by atoms with Gasteiger partial charge >= 0.3 is 5.97 Å². The van der Waals surface area contributed by atoms with Gasteiger partial charge in [-0.25, -0.2) is 4.79 Å². The first-order valence-corrected chi connectivity index (χ1v) is 3.40. The molecule has 0 saturated carbocycles. The third-order valence-electron chi connectivity index (χ3n) is 1.58. The molecular weight excluding hydrogens is 176 g/mol. The molecule has 2 rings (SSSR count). The number of fused-ring (bicyclic) bond motifs is 1. The van der Waals surface area contributed by atoms with Crippen LogP contribution in [0, 0.1) is 0 Å². The van der Waals surface area contributed by atoms with E-state index >= 15 is 0 Å². The highest BCUT2D eigenvalue weighted by atomic mass is 16.5. The molecule has 0 aliphatic rings. The quantitative estimate of drug-likeness (QED) is 0.654. The van der Waals surface area contributed by atoms with Crippen molar-refractivity contribution in [1.82, 2.24) is 10.1 Å². The summed E-state index contributed by atoms with van der Waals surface area (Å²) in [5.41, 5.74) is -0.638. The zero-order chi connectivity index (χ0) is 9.42. The van der Waals surface area contributed by atoms with Gasteiger partial charge in [0.1, 0.15) is 5.52 Å². The molecule has 2 aromatic heterocycles. The molecule has 6 nitrogen and oxygen atoms in total. The van der Waals surface area contributed by atoms with Crippen molar-refractivity contribution in [2.75, 3.05) is 0 Å². The van der Waals surface area contributed by atoms with Crippen molar-refractivity contribution in [1.29, 1.82) is 0 Å². The minimum Gasteiger partial charge on any atom is -0.476 e. The van der Waals surface area contributed by atoms with Gasteiger partial charge in [-0.3, -0.25) is 4.79 Å². The summed E-state index contributed by atoms with van der Waals surface area (Å²) in [5, 5.41) is 11.9. The van der Waals surface area contributed by atoms with Crippen LogP contribution in [0.15, 0.2) is 21.6 Å². The van der Waals surface area contributed by atoms with Crippen molar-refractivity contribution in [3.8, 4) is 0 Å². The number of aromatic nitrogens is 2. The lowest BCUT2D eigenvalue weighted by atomic mass is 10.3. The highest BCUT2D eigenvalue weighted by Gasteiger charge is 2.16. The maximum Gasteiger partial charge on any atom is 0.360 e. The Labute approximate surface area is 70.8 Å². The number of carboxylic acids is 1. The van der Waals surface area contributed by atoms with Gasteiger partial charge in [0.2, 0.25) is 16.7 Å². The van der Waals surface area contributed by atoms with Crippen molar-refractivity contribution in [2.45, 2.75) is 0 Å². The maximum atomic E-state index is 11.1. The summed E-state index contributed by atoms with van der Waals surface area (Å²) in [6.07, 6.45) is 1.34. The first-order chi connectivity index (χ1) is 6.20. The highest BCUT2D eigenvalue weighted by Crippen LogP contribution is 2.10. The summed E-state index contributed by atoms with van der Waals surface area (Å²) in [6.45, 7) is 0. The van der Waals surface area contributed by atoms with Crippen LogP contribution in [0.2, 0.25) is 0 Å². The first-order valence-electron chi connectivity index (χ1n) is 3.40. The topological polar surface area (TPSA) is 96.2 Å². The van der Waals surface area contributed by atoms with Gasteiger partial charge in [0, 0.05) is 12.3 Å². The Morgan fingerprint density at radius 2 is 2.38 bits per heavy atom. The molecule has 0 unspecified atom stereocenters. The Bertz CT molecular complexity index is 525. The monoisotopic (exact) mass is 180 g/mol. The number of H-pyrrole nitrogens is 1. The molecule has 2 aromatic rings. The van der Waals surface area contributed by atoms with Gasteiger partial charge in [0.25, 0.3) is 0 Å². The molecule has 0 aliphatic carbocycles. The fourth-order valence-electron chi connectivity index (χ4n) is 1.01. The van der Waals surface area contributed by atoms with Gasteiger partial charge in [-0.05, 0) is 0 Å². The van der Waals surface area contributed by atoms with Crippen LogP contribution >= 0.6 is 0 Å². The summed E-state index contributed by atoms with van der Waals surface area (Å²) < 4.78 is 4.57. The van der Waals surface area contributed by atoms with Crippen molar-refractivity contribution < 1.29 is 14.4 Å². The van der Waals surface area contributed by atoms with E-state index in [1.54, 1.807) is 0 Å². The smallest absolute Gasteiger partial charge is 0.360 e. The third-order valence-corrected chi connectivity index (χ3v) is 1.58. The third kappa shape index (κ3) is 0.994. The van der Waals surface area contributed by atoms with Gasteiger partial charge < -0.3 is 14.6 Å². The number of aromatic carboxylic acids is 1. The lowest BCUT2D eigenvalue weighted by Gasteiger charge is -1.86. The second kappa shape index (κ2) is 2.44. The van der Waals surface area contributed by atoms with Crippen LogP contribution in [0.5, 0.6) is 0 Å². The lowest BCUT2D eigenvalue weighted by Crippen LogP contribution is -2.01. The number of pyridine rings is 1. The van der Waals surface area contributed by atoms with Crippen LogP contribution in [0.4, 0.5) is 0 Å². The molecule has 2 N–H and O–H groups in total. The number of rotatable bonds is 1. The Balaban J connectivity index is 2.91. The number of nitrogens with zero attached hydrogens (tertiary/aromatic N) is 1. The van der Waals surface area contributed by atoms with E-state index in [1.165, 1.54) is 12.3 Å². The summed E-state index contributed by atoms with van der Waals surface area (Å²) in [5.74, 6) is -1.24. The van der Waals surface area contributed by atoms with E-state index in [0.29, 0.717) is 0 Å². The van der Waals surface area contributed by atoms with Crippen LogP contribution in [-0.4, -0.2) is 21.2 Å². The molecule has 6 heteroatoms. The molecule has 0 fully saturated rings.